The quantitative estimate of drug-likeness (QED) is 0.421. The zero-order valence-electron chi connectivity index (χ0n) is 18.0. The first-order chi connectivity index (χ1) is 15.7. The molecule has 4 heterocycles. The van der Waals surface area contributed by atoms with E-state index in [2.05, 4.69) is 62.4 Å². The van der Waals surface area contributed by atoms with Gasteiger partial charge in [-0.25, -0.2) is 4.79 Å². The van der Waals surface area contributed by atoms with Gasteiger partial charge in [-0.1, -0.05) is 24.3 Å². The highest BCUT2D eigenvalue weighted by Crippen LogP contribution is 2.35. The van der Waals surface area contributed by atoms with Crippen LogP contribution in [0.4, 0.5) is 0 Å². The molecule has 0 saturated carbocycles. The van der Waals surface area contributed by atoms with E-state index >= 15 is 0 Å². The van der Waals surface area contributed by atoms with Gasteiger partial charge in [0.25, 0.3) is 0 Å². The van der Waals surface area contributed by atoms with Crippen molar-refractivity contribution in [3.05, 3.63) is 88.0 Å². The average molecular weight is 446 g/mol. The number of fused-ring (bicyclic) bond motifs is 1. The Balaban J connectivity index is 1.26. The molecule has 5 nitrogen and oxygen atoms in total. The van der Waals surface area contributed by atoms with Crippen LogP contribution in [0.5, 0.6) is 0 Å². The van der Waals surface area contributed by atoms with Crippen molar-refractivity contribution >= 4 is 28.2 Å². The smallest absolute Gasteiger partial charge is 0.337 e. The van der Waals surface area contributed by atoms with Crippen molar-refractivity contribution in [2.24, 2.45) is 0 Å². The second kappa shape index (κ2) is 9.27. The minimum absolute atomic E-state index is 0.320. The summed E-state index contributed by atoms with van der Waals surface area (Å²) in [7, 11) is 0. The van der Waals surface area contributed by atoms with Crippen molar-refractivity contribution in [3.63, 3.8) is 0 Å². The summed E-state index contributed by atoms with van der Waals surface area (Å²) in [5.41, 5.74) is 3.78. The van der Waals surface area contributed by atoms with Crippen molar-refractivity contribution in [1.29, 1.82) is 0 Å². The lowest BCUT2D eigenvalue weighted by molar-refractivity contribution is 0.0695. The van der Waals surface area contributed by atoms with Gasteiger partial charge in [0.1, 0.15) is 0 Å². The molecule has 5 rings (SSSR count). The van der Waals surface area contributed by atoms with E-state index in [-0.39, 0.29) is 0 Å². The number of nitrogens with zero attached hydrogens (tertiary/aromatic N) is 3. The largest absolute Gasteiger partial charge is 0.478 e. The molecule has 4 aromatic rings. The maximum atomic E-state index is 11.4. The summed E-state index contributed by atoms with van der Waals surface area (Å²) in [6.45, 7) is 3.84. The van der Waals surface area contributed by atoms with Crippen LogP contribution in [-0.2, 0) is 13.0 Å². The van der Waals surface area contributed by atoms with Crippen LogP contribution in [0.1, 0.15) is 45.3 Å². The van der Waals surface area contributed by atoms with Gasteiger partial charge in [0.05, 0.1) is 17.8 Å². The molecule has 1 fully saturated rings. The van der Waals surface area contributed by atoms with Crippen LogP contribution in [0.3, 0.4) is 0 Å². The predicted molar refractivity (Wildman–Crippen MR) is 129 cm³/mol. The third-order valence-corrected chi connectivity index (χ3v) is 7.40. The summed E-state index contributed by atoms with van der Waals surface area (Å²) in [6, 6.07) is 16.4. The van der Waals surface area contributed by atoms with Gasteiger partial charge in [-0.05, 0) is 67.1 Å². The Labute approximate surface area is 192 Å². The van der Waals surface area contributed by atoms with Gasteiger partial charge in [-0.2, -0.15) is 0 Å². The summed E-state index contributed by atoms with van der Waals surface area (Å²) in [5, 5.41) is 12.9. The zero-order chi connectivity index (χ0) is 21.9. The van der Waals surface area contributed by atoms with Crippen LogP contribution >= 0.6 is 11.3 Å². The van der Waals surface area contributed by atoms with Crippen molar-refractivity contribution in [3.8, 4) is 0 Å². The molecular weight excluding hydrogens is 418 g/mol. The highest BCUT2D eigenvalue weighted by Gasteiger charge is 2.24. The Hall–Kier alpha value is -2.96. The maximum absolute atomic E-state index is 11.4. The number of rotatable bonds is 7. The number of piperidine rings is 1. The lowest BCUT2D eigenvalue weighted by Gasteiger charge is -2.32. The van der Waals surface area contributed by atoms with Gasteiger partial charge in [0, 0.05) is 41.1 Å². The van der Waals surface area contributed by atoms with E-state index in [1.165, 1.54) is 21.3 Å². The number of hydrogen-bond acceptors (Lipinski definition) is 4. The summed E-state index contributed by atoms with van der Waals surface area (Å²) in [5.74, 6) is -0.337. The molecule has 1 N–H and O–H groups in total. The second-order valence-electron chi connectivity index (χ2n) is 8.48. The molecule has 0 bridgehead atoms. The first kappa shape index (κ1) is 20.9. The number of carboxylic acids is 1. The highest BCUT2D eigenvalue weighted by atomic mass is 32.1. The van der Waals surface area contributed by atoms with Crippen LogP contribution in [-0.4, -0.2) is 45.2 Å². The topological polar surface area (TPSA) is 58.4 Å². The Bertz CT molecular complexity index is 1210. The molecule has 0 radical (unpaired) electrons. The van der Waals surface area contributed by atoms with Crippen molar-refractivity contribution < 1.29 is 9.90 Å². The summed E-state index contributed by atoms with van der Waals surface area (Å²) >= 11 is 1.81. The molecule has 0 aliphatic carbocycles. The minimum Gasteiger partial charge on any atom is -0.478 e. The molecule has 1 aliphatic rings. The highest BCUT2D eigenvalue weighted by molar-refractivity contribution is 7.09. The van der Waals surface area contributed by atoms with Gasteiger partial charge in [0.15, 0.2) is 0 Å². The SMILES string of the molecule is O=C(O)c1cccnc1CCN1CCC(c2cn(Cc3cccs3)c3ccccc23)CC1. The number of carboxylic acid groups (broad SMARTS) is 1. The number of thiophene rings is 1. The molecule has 1 saturated heterocycles. The second-order valence-corrected chi connectivity index (χ2v) is 9.51. The van der Waals surface area contributed by atoms with Crippen molar-refractivity contribution in [1.82, 2.24) is 14.5 Å². The number of para-hydroxylation sites is 1. The third kappa shape index (κ3) is 4.33. The minimum atomic E-state index is -0.897. The molecule has 3 aromatic heterocycles. The molecule has 164 valence electrons. The number of likely N-dealkylation sites (tertiary alicyclic amines) is 1. The first-order valence-electron chi connectivity index (χ1n) is 11.2. The molecule has 1 aliphatic heterocycles. The number of benzene rings is 1. The lowest BCUT2D eigenvalue weighted by atomic mass is 9.89. The number of aromatic carboxylic acids is 1. The van der Waals surface area contributed by atoms with Gasteiger partial charge < -0.3 is 14.6 Å². The number of pyridine rings is 1. The van der Waals surface area contributed by atoms with Crippen LogP contribution in [0.25, 0.3) is 10.9 Å². The van der Waals surface area contributed by atoms with E-state index in [1.807, 2.05) is 11.3 Å². The summed E-state index contributed by atoms with van der Waals surface area (Å²) in [4.78, 5) is 19.6. The summed E-state index contributed by atoms with van der Waals surface area (Å²) in [6.07, 6.45) is 6.98. The average Bonchev–Trinajstić information content (AvgIpc) is 3.47. The predicted octanol–water partition coefficient (Wildman–Crippen LogP) is 5.27. The van der Waals surface area contributed by atoms with Crippen molar-refractivity contribution in [2.45, 2.75) is 31.7 Å². The van der Waals surface area contributed by atoms with Gasteiger partial charge in [0.2, 0.25) is 0 Å². The van der Waals surface area contributed by atoms with Crippen LogP contribution in [0, 0.1) is 0 Å². The van der Waals surface area contributed by atoms with Crippen LogP contribution in [0.2, 0.25) is 0 Å². The molecule has 0 atom stereocenters. The fourth-order valence-corrected chi connectivity index (χ4v) is 5.57. The van der Waals surface area contributed by atoms with E-state index < -0.39 is 5.97 Å². The number of aromatic nitrogens is 2. The monoisotopic (exact) mass is 445 g/mol. The fourth-order valence-electron chi connectivity index (χ4n) is 4.87. The van der Waals surface area contributed by atoms with Crippen LogP contribution in [0.15, 0.2) is 66.3 Å². The molecule has 1 aromatic carbocycles. The molecule has 32 heavy (non-hydrogen) atoms. The Morgan fingerprint density at radius 3 is 2.72 bits per heavy atom. The van der Waals surface area contributed by atoms with E-state index in [9.17, 15) is 9.90 Å². The first-order valence-corrected chi connectivity index (χ1v) is 12.1. The van der Waals surface area contributed by atoms with Crippen LogP contribution < -0.4 is 0 Å². The van der Waals surface area contributed by atoms with E-state index in [4.69, 9.17) is 0 Å². The third-order valence-electron chi connectivity index (χ3n) is 6.54. The van der Waals surface area contributed by atoms with E-state index in [0.29, 0.717) is 23.6 Å². The molecule has 0 amide bonds. The van der Waals surface area contributed by atoms with Crippen molar-refractivity contribution in [2.75, 3.05) is 19.6 Å². The number of hydrogen-bond donors (Lipinski definition) is 1. The zero-order valence-corrected chi connectivity index (χ0v) is 18.8. The van der Waals surface area contributed by atoms with Gasteiger partial charge >= 0.3 is 5.97 Å². The Morgan fingerprint density at radius 2 is 1.94 bits per heavy atom. The Morgan fingerprint density at radius 1 is 1.09 bits per heavy atom. The lowest BCUT2D eigenvalue weighted by Crippen LogP contribution is -2.34. The molecular formula is C26H27N3O2S. The fraction of sp³-hybridized carbons (Fsp3) is 0.308. The number of carbonyl (C=O) groups is 1. The van der Waals surface area contributed by atoms with E-state index in [1.54, 1.807) is 18.3 Å². The van der Waals surface area contributed by atoms with E-state index in [0.717, 1.165) is 39.0 Å². The van der Waals surface area contributed by atoms with Gasteiger partial charge in [-0.15, -0.1) is 11.3 Å². The summed E-state index contributed by atoms with van der Waals surface area (Å²) < 4.78 is 2.40. The van der Waals surface area contributed by atoms with Gasteiger partial charge in [-0.3, -0.25) is 4.98 Å². The standard InChI is InChI=1S/C26H27N3O2S/c30-26(31)22-7-3-12-27-24(22)11-15-28-13-9-19(10-14-28)23-18-29(17-20-5-4-16-32-20)25-8-2-1-6-21(23)25/h1-8,12,16,18-19H,9-11,13-15,17H2,(H,30,31). The normalized spacial score (nSPS) is 15.4. The molecule has 0 spiro atoms. The maximum Gasteiger partial charge on any atom is 0.337 e. The Kier molecular flexibility index (Phi) is 6.06. The molecule has 0 unspecified atom stereocenters. The molecule has 6 heteroatoms.